The van der Waals surface area contributed by atoms with Crippen molar-refractivity contribution in [2.24, 2.45) is 0 Å². The Hall–Kier alpha value is -2.69. The minimum Gasteiger partial charge on any atom is -0.343 e. The summed E-state index contributed by atoms with van der Waals surface area (Å²) < 4.78 is 29.8. The van der Waals surface area contributed by atoms with E-state index in [1.54, 1.807) is 6.07 Å². The quantitative estimate of drug-likeness (QED) is 0.552. The van der Waals surface area contributed by atoms with E-state index in [0.29, 0.717) is 37.2 Å². The number of hydrogen-bond donors (Lipinski definition) is 2. The van der Waals surface area contributed by atoms with Crippen molar-refractivity contribution in [3.8, 4) is 0 Å². The van der Waals surface area contributed by atoms with Crippen LogP contribution in [-0.2, 0) is 15.6 Å². The molecule has 9 nitrogen and oxygen atoms in total. The van der Waals surface area contributed by atoms with E-state index in [2.05, 4.69) is 35.3 Å². The monoisotopic (exact) mass is 473 g/mol. The number of carbonyl (C=O) groups is 1. The molecule has 178 valence electrons. The van der Waals surface area contributed by atoms with E-state index in [1.165, 1.54) is 16.4 Å². The Bertz CT molecular complexity index is 1370. The molecule has 3 aromatic rings. The lowest BCUT2D eigenvalue weighted by molar-refractivity contribution is 0.0901. The van der Waals surface area contributed by atoms with Crippen molar-refractivity contribution in [1.82, 2.24) is 23.7 Å². The molecule has 1 saturated heterocycles. The van der Waals surface area contributed by atoms with Crippen molar-refractivity contribution >= 4 is 26.8 Å². The zero-order valence-corrected chi connectivity index (χ0v) is 20.5. The Morgan fingerprint density at radius 3 is 2.24 bits per heavy atom. The molecule has 0 bridgehead atoms. The van der Waals surface area contributed by atoms with Crippen LogP contribution in [0.15, 0.2) is 34.0 Å². The predicted molar refractivity (Wildman–Crippen MR) is 127 cm³/mol. The summed E-state index contributed by atoms with van der Waals surface area (Å²) in [7, 11) is -3.69. The highest BCUT2D eigenvalue weighted by Crippen LogP contribution is 2.25. The minimum atomic E-state index is -3.69. The van der Waals surface area contributed by atoms with Gasteiger partial charge < -0.3 is 14.5 Å². The van der Waals surface area contributed by atoms with Crippen LogP contribution in [0.1, 0.15) is 42.5 Å². The second-order valence-electron chi connectivity index (χ2n) is 9.68. The number of hydrogen-bond acceptors (Lipinski definition) is 5. The molecule has 1 fully saturated rings. The maximum absolute atomic E-state index is 13.1. The minimum absolute atomic E-state index is 0.0526. The Morgan fingerprint density at radius 1 is 1.00 bits per heavy atom. The van der Waals surface area contributed by atoms with E-state index in [4.69, 9.17) is 0 Å². The molecule has 2 aromatic heterocycles. The van der Waals surface area contributed by atoms with Crippen LogP contribution < -0.4 is 5.69 Å². The van der Waals surface area contributed by atoms with Gasteiger partial charge in [0, 0.05) is 48.7 Å². The Balaban J connectivity index is 1.43. The fourth-order valence-electron chi connectivity index (χ4n) is 4.81. The lowest BCUT2D eigenvalue weighted by Crippen LogP contribution is -2.49. The number of sulfonamides is 1. The summed E-state index contributed by atoms with van der Waals surface area (Å²) in [5.41, 5.74) is 3.28. The van der Waals surface area contributed by atoms with Crippen molar-refractivity contribution in [2.75, 3.05) is 32.7 Å². The van der Waals surface area contributed by atoms with Gasteiger partial charge in [-0.1, -0.05) is 0 Å². The van der Waals surface area contributed by atoms with Crippen LogP contribution in [0.25, 0.3) is 11.0 Å². The zero-order valence-electron chi connectivity index (χ0n) is 19.7. The Kier molecular flexibility index (Phi) is 5.88. The Morgan fingerprint density at radius 2 is 1.64 bits per heavy atom. The van der Waals surface area contributed by atoms with E-state index in [1.807, 2.05) is 24.8 Å². The summed E-state index contributed by atoms with van der Waals surface area (Å²) in [5, 5.41) is 0. The first-order valence-corrected chi connectivity index (χ1v) is 12.5. The first kappa shape index (κ1) is 23.5. The van der Waals surface area contributed by atoms with Crippen LogP contribution in [0.4, 0.5) is 0 Å². The SMILES string of the molecule is Cc1cc(C(=O)CN2CCN(S(=O)(=O)c3ccc4[nH]c(=O)[nH]c4c3)CC2)c(C)n1C(C)(C)C. The smallest absolute Gasteiger partial charge is 0.323 e. The van der Waals surface area contributed by atoms with Gasteiger partial charge in [0.15, 0.2) is 5.78 Å². The van der Waals surface area contributed by atoms with Crippen molar-refractivity contribution in [1.29, 1.82) is 0 Å². The molecule has 2 N–H and O–H groups in total. The lowest BCUT2D eigenvalue weighted by atomic mass is 10.1. The second-order valence-corrected chi connectivity index (χ2v) is 11.6. The number of nitrogens with zero attached hydrogens (tertiary/aromatic N) is 3. The van der Waals surface area contributed by atoms with E-state index in [9.17, 15) is 18.0 Å². The van der Waals surface area contributed by atoms with Crippen LogP contribution in [-0.4, -0.2) is 70.7 Å². The highest BCUT2D eigenvalue weighted by Gasteiger charge is 2.30. The molecule has 0 saturated carbocycles. The van der Waals surface area contributed by atoms with Crippen LogP contribution in [0, 0.1) is 13.8 Å². The molecule has 0 atom stereocenters. The number of aromatic amines is 2. The number of nitrogens with one attached hydrogen (secondary N) is 2. The average Bonchev–Trinajstić information content (AvgIpc) is 3.25. The molecule has 1 aliphatic rings. The molecule has 0 amide bonds. The molecule has 0 spiro atoms. The molecule has 4 rings (SSSR count). The average molecular weight is 474 g/mol. The molecule has 0 radical (unpaired) electrons. The van der Waals surface area contributed by atoms with E-state index >= 15 is 0 Å². The maximum atomic E-state index is 13.1. The fraction of sp³-hybridized carbons (Fsp3) is 0.478. The molecule has 0 aliphatic carbocycles. The first-order valence-electron chi connectivity index (χ1n) is 11.0. The lowest BCUT2D eigenvalue weighted by Gasteiger charge is -2.33. The summed E-state index contributed by atoms with van der Waals surface area (Å²) >= 11 is 0. The summed E-state index contributed by atoms with van der Waals surface area (Å²) in [6.07, 6.45) is 0. The van der Waals surface area contributed by atoms with Gasteiger partial charge in [0.2, 0.25) is 10.0 Å². The number of piperazine rings is 1. The molecular formula is C23H31N5O4S. The number of benzene rings is 1. The van der Waals surface area contributed by atoms with Crippen molar-refractivity contribution < 1.29 is 13.2 Å². The number of aromatic nitrogens is 3. The molecular weight excluding hydrogens is 442 g/mol. The van der Waals surface area contributed by atoms with Crippen LogP contribution >= 0.6 is 0 Å². The van der Waals surface area contributed by atoms with Gasteiger partial charge >= 0.3 is 5.69 Å². The normalized spacial score (nSPS) is 16.5. The standard InChI is InChI=1S/C23H31N5O4S/c1-15-12-18(16(2)28(15)23(3,4)5)21(29)14-26-8-10-27(11-9-26)33(31,32)17-6-7-19-20(13-17)25-22(30)24-19/h6-7,12-13H,8-11,14H2,1-5H3,(H2,24,25,30). The summed E-state index contributed by atoms with van der Waals surface area (Å²) in [4.78, 5) is 31.9. The van der Waals surface area contributed by atoms with E-state index in [0.717, 1.165) is 17.0 Å². The summed E-state index contributed by atoms with van der Waals surface area (Å²) in [5.74, 6) is 0.0526. The molecule has 10 heteroatoms. The highest BCUT2D eigenvalue weighted by molar-refractivity contribution is 7.89. The largest absolute Gasteiger partial charge is 0.343 e. The number of H-pyrrole nitrogens is 2. The number of Topliss-reactive ketones (excluding diaryl/α,β-unsaturated/α-hetero) is 1. The third-order valence-electron chi connectivity index (χ3n) is 6.23. The molecule has 33 heavy (non-hydrogen) atoms. The van der Waals surface area contributed by atoms with Crippen LogP contribution in [0.2, 0.25) is 0 Å². The molecule has 3 heterocycles. The number of fused-ring (bicyclic) bond motifs is 1. The van der Waals surface area contributed by atoms with Crippen LogP contribution in [0.5, 0.6) is 0 Å². The van der Waals surface area contributed by atoms with Crippen molar-refractivity contribution in [3.63, 3.8) is 0 Å². The van der Waals surface area contributed by atoms with Gasteiger partial charge in [-0.3, -0.25) is 9.69 Å². The van der Waals surface area contributed by atoms with Gasteiger partial charge in [0.25, 0.3) is 0 Å². The van der Waals surface area contributed by atoms with Gasteiger partial charge in [-0.25, -0.2) is 13.2 Å². The maximum Gasteiger partial charge on any atom is 0.323 e. The number of rotatable bonds is 5. The topological polar surface area (TPSA) is 111 Å². The third-order valence-corrected chi connectivity index (χ3v) is 8.12. The third kappa shape index (κ3) is 4.42. The predicted octanol–water partition coefficient (Wildman–Crippen LogP) is 2.22. The van der Waals surface area contributed by atoms with E-state index < -0.39 is 10.0 Å². The van der Waals surface area contributed by atoms with Crippen LogP contribution in [0.3, 0.4) is 0 Å². The molecule has 1 aromatic carbocycles. The first-order chi connectivity index (χ1) is 15.4. The highest BCUT2D eigenvalue weighted by atomic mass is 32.2. The van der Waals surface area contributed by atoms with E-state index in [-0.39, 0.29) is 28.5 Å². The van der Waals surface area contributed by atoms with Gasteiger partial charge in [0.05, 0.1) is 22.5 Å². The number of carbonyl (C=O) groups excluding carboxylic acids is 1. The number of imidazole rings is 1. The van der Waals surface area contributed by atoms with Crippen molar-refractivity contribution in [3.05, 3.63) is 51.7 Å². The summed E-state index contributed by atoms with van der Waals surface area (Å²) in [6.45, 7) is 12.2. The summed E-state index contributed by atoms with van der Waals surface area (Å²) in [6, 6.07) is 6.51. The molecule has 0 unspecified atom stereocenters. The Labute approximate surface area is 193 Å². The zero-order chi connectivity index (χ0) is 24.1. The number of ketones is 1. The fourth-order valence-corrected chi connectivity index (χ4v) is 6.26. The van der Waals surface area contributed by atoms with Gasteiger partial charge in [0.1, 0.15) is 0 Å². The van der Waals surface area contributed by atoms with Gasteiger partial charge in [-0.15, -0.1) is 0 Å². The molecule has 1 aliphatic heterocycles. The number of aryl methyl sites for hydroxylation is 1. The van der Waals surface area contributed by atoms with Gasteiger partial charge in [-0.05, 0) is 58.9 Å². The second kappa shape index (κ2) is 8.27. The van der Waals surface area contributed by atoms with Crippen molar-refractivity contribution in [2.45, 2.75) is 45.1 Å². The van der Waals surface area contributed by atoms with Gasteiger partial charge in [-0.2, -0.15) is 4.31 Å².